The van der Waals surface area contributed by atoms with Crippen LogP contribution in [-0.2, 0) is 22.4 Å². The number of fused-ring (bicyclic) bond motifs is 1. The van der Waals surface area contributed by atoms with Gasteiger partial charge in [0.15, 0.2) is 0 Å². The maximum Gasteiger partial charge on any atom is 0.243 e. The molecule has 0 bridgehead atoms. The summed E-state index contributed by atoms with van der Waals surface area (Å²) in [5.41, 5.74) is 8.82. The van der Waals surface area contributed by atoms with E-state index in [1.54, 1.807) is 23.1 Å². The summed E-state index contributed by atoms with van der Waals surface area (Å²) in [6.07, 6.45) is 4.63. The van der Waals surface area contributed by atoms with Gasteiger partial charge in [0.2, 0.25) is 11.8 Å². The number of carbonyl (C=O) groups is 2. The number of rotatable bonds is 5. The predicted molar refractivity (Wildman–Crippen MR) is 123 cm³/mol. The average Bonchev–Trinajstić information content (AvgIpc) is 3.55. The summed E-state index contributed by atoms with van der Waals surface area (Å²) in [5.74, 6) is 0.493. The molecule has 1 aromatic heterocycles. The second-order valence-electron chi connectivity index (χ2n) is 9.45. The zero-order valence-corrected chi connectivity index (χ0v) is 18.6. The van der Waals surface area contributed by atoms with Crippen molar-refractivity contribution in [1.29, 1.82) is 0 Å². The number of amides is 2. The number of nitrogens with two attached hydrogens (primary N) is 1. The summed E-state index contributed by atoms with van der Waals surface area (Å²) in [7, 11) is 0. The molecule has 2 saturated heterocycles. The lowest BCUT2D eigenvalue weighted by Gasteiger charge is -2.28. The van der Waals surface area contributed by atoms with E-state index in [1.807, 2.05) is 6.07 Å². The summed E-state index contributed by atoms with van der Waals surface area (Å²) >= 11 is 0. The Morgan fingerprint density at radius 2 is 2.00 bits per heavy atom. The van der Waals surface area contributed by atoms with Crippen LogP contribution in [0.5, 0.6) is 0 Å². The Labute approximate surface area is 192 Å². The molecule has 1 aliphatic carbocycles. The van der Waals surface area contributed by atoms with Gasteiger partial charge in [-0.3, -0.25) is 9.59 Å². The first-order chi connectivity index (χ1) is 16.0. The fraction of sp³-hybridized carbons (Fsp3) is 0.480. The fourth-order valence-electron chi connectivity index (χ4n) is 5.51. The molecule has 1 unspecified atom stereocenters. The van der Waals surface area contributed by atoms with Crippen molar-refractivity contribution in [1.82, 2.24) is 20.5 Å². The molecule has 3 aliphatic rings. The van der Waals surface area contributed by atoms with Crippen molar-refractivity contribution in [3.8, 4) is 0 Å². The lowest BCUT2D eigenvalue weighted by molar-refractivity contribution is -0.140. The quantitative estimate of drug-likeness (QED) is 0.647. The Morgan fingerprint density at radius 3 is 2.82 bits per heavy atom. The summed E-state index contributed by atoms with van der Waals surface area (Å²) in [6, 6.07) is 9.47. The first-order valence-corrected chi connectivity index (χ1v) is 11.8. The fourth-order valence-corrected chi connectivity index (χ4v) is 5.51. The maximum absolute atomic E-state index is 13.3. The standard InChI is InChI=1S/C25H30FN5O2/c26-17-5-3-15(4-6-17)12-16-13-21(28-14-16)25(33)31-11-1-2-22(31)24(32)30-20-9-8-19-18(20)7-10-23(27)29-19/h3-7,10,16,20-22,28H,1-2,8-9,11-14H2,(H2,27,29)(H,30,32)/t16-,20?,21+,22-/m0/s1. The Hall–Kier alpha value is -3.00. The van der Waals surface area contributed by atoms with Gasteiger partial charge in [-0.05, 0) is 80.3 Å². The molecule has 0 spiro atoms. The van der Waals surface area contributed by atoms with Gasteiger partial charge >= 0.3 is 0 Å². The second kappa shape index (κ2) is 9.09. The highest BCUT2D eigenvalue weighted by Gasteiger charge is 2.40. The molecule has 0 saturated carbocycles. The minimum atomic E-state index is -0.429. The molecule has 4 N–H and O–H groups in total. The zero-order chi connectivity index (χ0) is 22.9. The van der Waals surface area contributed by atoms with Crippen LogP contribution in [-0.4, -0.2) is 46.9 Å². The maximum atomic E-state index is 13.3. The monoisotopic (exact) mass is 451 g/mol. The lowest BCUT2D eigenvalue weighted by atomic mass is 9.96. The molecule has 4 atom stereocenters. The molecule has 1 aromatic carbocycles. The number of nitrogens with zero attached hydrogens (tertiary/aromatic N) is 2. The van der Waals surface area contributed by atoms with Gasteiger partial charge < -0.3 is 21.3 Å². The van der Waals surface area contributed by atoms with Gasteiger partial charge in [-0.1, -0.05) is 18.2 Å². The second-order valence-corrected chi connectivity index (χ2v) is 9.45. The minimum Gasteiger partial charge on any atom is -0.384 e. The van der Waals surface area contributed by atoms with Crippen molar-refractivity contribution in [3.63, 3.8) is 0 Å². The Morgan fingerprint density at radius 1 is 1.18 bits per heavy atom. The third-order valence-corrected chi connectivity index (χ3v) is 7.19. The minimum absolute atomic E-state index is 0.00974. The Kier molecular flexibility index (Phi) is 6.01. The Bertz CT molecular complexity index is 1040. The SMILES string of the molecule is Nc1ccc2c(n1)CCC2NC(=O)[C@@H]1CCCN1C(=O)[C@H]1C[C@H](Cc2ccc(F)cc2)CN1. The number of aryl methyl sites for hydroxylation is 1. The Balaban J connectivity index is 1.19. The molecule has 3 heterocycles. The van der Waals surface area contributed by atoms with E-state index in [4.69, 9.17) is 5.73 Å². The van der Waals surface area contributed by atoms with Crippen LogP contribution in [0.3, 0.4) is 0 Å². The molecule has 8 heteroatoms. The van der Waals surface area contributed by atoms with Crippen molar-refractivity contribution in [2.45, 2.75) is 56.7 Å². The molecule has 2 fully saturated rings. The average molecular weight is 452 g/mol. The van der Waals surface area contributed by atoms with E-state index >= 15 is 0 Å². The highest BCUT2D eigenvalue weighted by atomic mass is 19.1. The van der Waals surface area contributed by atoms with Crippen LogP contribution in [0, 0.1) is 11.7 Å². The van der Waals surface area contributed by atoms with Crippen LogP contribution in [0.2, 0.25) is 0 Å². The number of aromatic nitrogens is 1. The number of halogens is 1. The zero-order valence-electron chi connectivity index (χ0n) is 18.6. The number of likely N-dealkylation sites (tertiary alicyclic amines) is 1. The first kappa shape index (κ1) is 21.8. The lowest BCUT2D eigenvalue weighted by Crippen LogP contribution is -2.51. The topological polar surface area (TPSA) is 100 Å². The number of nitrogen functional groups attached to an aromatic ring is 1. The largest absolute Gasteiger partial charge is 0.384 e. The van der Waals surface area contributed by atoms with E-state index in [1.165, 1.54) is 12.1 Å². The third kappa shape index (κ3) is 4.57. The normalized spacial score (nSPS) is 26.4. The van der Waals surface area contributed by atoms with Crippen LogP contribution < -0.4 is 16.4 Å². The molecule has 7 nitrogen and oxygen atoms in total. The van der Waals surface area contributed by atoms with E-state index in [0.717, 1.165) is 55.5 Å². The molecule has 5 rings (SSSR count). The van der Waals surface area contributed by atoms with Crippen LogP contribution in [0.4, 0.5) is 10.2 Å². The van der Waals surface area contributed by atoms with Crippen LogP contribution in [0.1, 0.15) is 48.5 Å². The van der Waals surface area contributed by atoms with Crippen LogP contribution in [0.25, 0.3) is 0 Å². The molecule has 2 aromatic rings. The number of hydrogen-bond donors (Lipinski definition) is 3. The van der Waals surface area contributed by atoms with Gasteiger partial charge in [-0.15, -0.1) is 0 Å². The number of anilines is 1. The number of pyridine rings is 1. The summed E-state index contributed by atoms with van der Waals surface area (Å²) in [6.45, 7) is 1.35. The molecular weight excluding hydrogens is 421 g/mol. The number of hydrogen-bond acceptors (Lipinski definition) is 5. The van der Waals surface area contributed by atoms with E-state index in [-0.39, 0.29) is 29.7 Å². The van der Waals surface area contributed by atoms with Crippen molar-refractivity contribution in [3.05, 3.63) is 59.0 Å². The van der Waals surface area contributed by atoms with E-state index in [9.17, 15) is 14.0 Å². The summed E-state index contributed by atoms with van der Waals surface area (Å²) in [5, 5.41) is 6.50. The van der Waals surface area contributed by atoms with Crippen molar-refractivity contribution < 1.29 is 14.0 Å². The molecule has 0 radical (unpaired) electrons. The summed E-state index contributed by atoms with van der Waals surface area (Å²) < 4.78 is 13.2. The van der Waals surface area contributed by atoms with Gasteiger partial charge in [-0.2, -0.15) is 0 Å². The van der Waals surface area contributed by atoms with Crippen molar-refractivity contribution >= 4 is 17.6 Å². The van der Waals surface area contributed by atoms with Crippen LogP contribution >= 0.6 is 0 Å². The smallest absolute Gasteiger partial charge is 0.243 e. The van der Waals surface area contributed by atoms with Crippen LogP contribution in [0.15, 0.2) is 36.4 Å². The summed E-state index contributed by atoms with van der Waals surface area (Å²) in [4.78, 5) is 32.6. The van der Waals surface area contributed by atoms with E-state index in [0.29, 0.717) is 24.7 Å². The van der Waals surface area contributed by atoms with Gasteiger partial charge in [-0.25, -0.2) is 9.37 Å². The molecule has 174 valence electrons. The third-order valence-electron chi connectivity index (χ3n) is 7.19. The highest BCUT2D eigenvalue weighted by molar-refractivity contribution is 5.90. The molecular formula is C25H30FN5O2. The predicted octanol–water partition coefficient (Wildman–Crippen LogP) is 2.12. The highest BCUT2D eigenvalue weighted by Crippen LogP contribution is 2.31. The molecule has 2 aliphatic heterocycles. The molecule has 33 heavy (non-hydrogen) atoms. The van der Waals surface area contributed by atoms with Crippen molar-refractivity contribution in [2.75, 3.05) is 18.8 Å². The van der Waals surface area contributed by atoms with Crippen molar-refractivity contribution in [2.24, 2.45) is 5.92 Å². The first-order valence-electron chi connectivity index (χ1n) is 11.8. The number of benzene rings is 1. The van der Waals surface area contributed by atoms with Gasteiger partial charge in [0.25, 0.3) is 0 Å². The van der Waals surface area contributed by atoms with E-state index in [2.05, 4.69) is 15.6 Å². The van der Waals surface area contributed by atoms with Gasteiger partial charge in [0, 0.05) is 12.2 Å². The molecule has 2 amide bonds. The van der Waals surface area contributed by atoms with Gasteiger partial charge in [0.05, 0.1) is 12.1 Å². The van der Waals surface area contributed by atoms with E-state index < -0.39 is 6.04 Å². The van der Waals surface area contributed by atoms with Gasteiger partial charge in [0.1, 0.15) is 17.7 Å². The number of carbonyl (C=O) groups excluding carboxylic acids is 2. The number of nitrogens with one attached hydrogen (secondary N) is 2.